The first kappa shape index (κ1) is 59.7. The summed E-state index contributed by atoms with van der Waals surface area (Å²) in [6.45, 7) is 25.4. The third-order valence-corrected chi connectivity index (χ3v) is 20.2. The van der Waals surface area contributed by atoms with Crippen LogP contribution in [0.1, 0.15) is 111 Å². The second-order valence-corrected chi connectivity index (χ2v) is 28.7. The first-order chi connectivity index (χ1) is 44.3. The molecule has 2 aliphatic heterocycles. The van der Waals surface area contributed by atoms with Gasteiger partial charge in [0, 0.05) is 50.5 Å². The predicted octanol–water partition coefficient (Wildman–Crippen LogP) is 22.8. The van der Waals surface area contributed by atoms with Gasteiger partial charge < -0.3 is 9.80 Å². The van der Waals surface area contributed by atoms with E-state index in [0.717, 1.165) is 40.9 Å². The van der Waals surface area contributed by atoms with Gasteiger partial charge in [-0.1, -0.05) is 281 Å². The normalized spacial score (nSPS) is 14.3. The van der Waals surface area contributed by atoms with Crippen LogP contribution in [0.3, 0.4) is 0 Å². The molecule has 2 nitrogen and oxygen atoms in total. The average molecular weight is 1190 g/mol. The number of allylic oxidation sites excluding steroid dienone is 8. The van der Waals surface area contributed by atoms with E-state index in [1.807, 2.05) is 0 Å². The summed E-state index contributed by atoms with van der Waals surface area (Å²) in [6, 6.07) is 89.8. The molecule has 450 valence electrons. The number of nitrogens with zero attached hydrogens (tertiary/aromatic N) is 2. The molecule has 2 heterocycles. The number of anilines is 5. The van der Waals surface area contributed by atoms with Crippen molar-refractivity contribution in [2.24, 2.45) is 5.41 Å². The van der Waals surface area contributed by atoms with Crippen LogP contribution in [0.2, 0.25) is 0 Å². The summed E-state index contributed by atoms with van der Waals surface area (Å²) in [5, 5.41) is 4.93. The van der Waals surface area contributed by atoms with Crippen LogP contribution in [0.15, 0.2) is 283 Å². The van der Waals surface area contributed by atoms with Gasteiger partial charge >= 0.3 is 0 Å². The Labute approximate surface area is 547 Å². The molecule has 0 saturated heterocycles. The highest BCUT2D eigenvalue weighted by Gasteiger charge is 2.47. The van der Waals surface area contributed by atoms with Gasteiger partial charge in [0.2, 0.25) is 0 Å². The molecule has 0 fully saturated rings. The van der Waals surface area contributed by atoms with Crippen LogP contribution in [-0.2, 0) is 16.2 Å². The zero-order valence-corrected chi connectivity index (χ0v) is 55.3. The van der Waals surface area contributed by atoms with Gasteiger partial charge in [-0.2, -0.15) is 0 Å². The molecule has 3 aliphatic rings. The van der Waals surface area contributed by atoms with Crippen LogP contribution in [-0.4, -0.2) is 6.71 Å². The summed E-state index contributed by atoms with van der Waals surface area (Å²) < 4.78 is 0. The predicted molar refractivity (Wildman–Crippen MR) is 397 cm³/mol. The maximum atomic E-state index is 6.49. The van der Waals surface area contributed by atoms with Gasteiger partial charge in [-0.25, -0.2) is 0 Å². The van der Waals surface area contributed by atoms with Gasteiger partial charge in [-0.3, -0.25) is 0 Å². The fraction of sp³-hybridized carbons (Fsp3) is 0.191. The fourth-order valence-electron chi connectivity index (χ4n) is 15.0. The SMILES string of the molecule is C#C/C(=C\C=C/C)C(C)(C)C1=CC2=C(CC1)N(c1ccccc1)c1cc(-c3cc(-c4cc(C(C)(C)C)cc(C(C)(C)C)c4)cc(-c4c5ccccc5c(-c5ccccc5)c5ccccc45)c3)cc3c1B2c1cc(C(C)(C)c2ccccc2)ccc1N3c1ccccc1. The largest absolute Gasteiger partial charge is 0.315 e. The second kappa shape index (κ2) is 23.1. The van der Waals surface area contributed by atoms with E-state index in [1.54, 1.807) is 0 Å². The molecule has 0 radical (unpaired) electrons. The summed E-state index contributed by atoms with van der Waals surface area (Å²) >= 11 is 0. The Morgan fingerprint density at radius 1 is 0.435 bits per heavy atom. The van der Waals surface area contributed by atoms with Gasteiger partial charge in [-0.15, -0.1) is 6.42 Å². The molecular formula is C89H81BN2. The first-order valence-electron chi connectivity index (χ1n) is 33.0. The maximum Gasteiger partial charge on any atom is 0.251 e. The van der Waals surface area contributed by atoms with Crippen molar-refractivity contribution in [1.29, 1.82) is 0 Å². The lowest BCUT2D eigenvalue weighted by Crippen LogP contribution is -2.56. The summed E-state index contributed by atoms with van der Waals surface area (Å²) in [6.07, 6.45) is 17.1. The number of terminal acetylenes is 1. The third kappa shape index (κ3) is 10.4. The van der Waals surface area contributed by atoms with E-state index in [4.69, 9.17) is 6.42 Å². The Morgan fingerprint density at radius 3 is 1.43 bits per heavy atom. The van der Waals surface area contributed by atoms with E-state index in [0.29, 0.717) is 0 Å². The minimum Gasteiger partial charge on any atom is -0.315 e. The molecule has 1 aliphatic carbocycles. The number of hydrogen-bond donors (Lipinski definition) is 0. The minimum atomic E-state index is -0.399. The van der Waals surface area contributed by atoms with Crippen molar-refractivity contribution in [1.82, 2.24) is 0 Å². The maximum absolute atomic E-state index is 6.49. The van der Waals surface area contributed by atoms with Crippen molar-refractivity contribution in [3.8, 4) is 56.9 Å². The smallest absolute Gasteiger partial charge is 0.251 e. The number of rotatable bonds is 11. The van der Waals surface area contributed by atoms with Crippen LogP contribution >= 0.6 is 0 Å². The van der Waals surface area contributed by atoms with E-state index in [2.05, 4.69) is 353 Å². The lowest BCUT2D eigenvalue weighted by molar-refractivity contribution is 0.525. The highest BCUT2D eigenvalue weighted by molar-refractivity contribution is 6.95. The van der Waals surface area contributed by atoms with Crippen LogP contribution in [0, 0.1) is 17.8 Å². The van der Waals surface area contributed by atoms with Crippen molar-refractivity contribution < 1.29 is 0 Å². The van der Waals surface area contributed by atoms with Crippen molar-refractivity contribution in [2.45, 2.75) is 105 Å². The van der Waals surface area contributed by atoms with E-state index in [9.17, 15) is 0 Å². The van der Waals surface area contributed by atoms with Gasteiger partial charge in [0.15, 0.2) is 0 Å². The molecule has 0 aromatic heterocycles. The number of para-hydroxylation sites is 2. The van der Waals surface area contributed by atoms with Crippen molar-refractivity contribution >= 4 is 67.6 Å². The van der Waals surface area contributed by atoms with Gasteiger partial charge in [0.05, 0.1) is 0 Å². The zero-order valence-electron chi connectivity index (χ0n) is 55.3. The van der Waals surface area contributed by atoms with Crippen molar-refractivity contribution in [3.05, 3.63) is 305 Å². The molecular weight excluding hydrogens is 1110 g/mol. The monoisotopic (exact) mass is 1190 g/mol. The van der Waals surface area contributed by atoms with E-state index < -0.39 is 5.41 Å². The quantitative estimate of drug-likeness (QED) is 0.0551. The highest BCUT2D eigenvalue weighted by atomic mass is 15.2. The van der Waals surface area contributed by atoms with E-state index in [-0.39, 0.29) is 23.0 Å². The summed E-state index contributed by atoms with van der Waals surface area (Å²) in [5.74, 6) is 3.15. The highest BCUT2D eigenvalue weighted by Crippen LogP contribution is 2.53. The number of benzene rings is 11. The van der Waals surface area contributed by atoms with Crippen LogP contribution in [0.4, 0.5) is 28.4 Å². The summed E-state index contributed by atoms with van der Waals surface area (Å²) in [4.78, 5) is 5.21. The Balaban J connectivity index is 1.11. The number of fused-ring (bicyclic) bond motifs is 5. The Kier molecular flexibility index (Phi) is 15.0. The molecule has 14 rings (SSSR count). The molecule has 3 heteroatoms. The molecule has 0 unspecified atom stereocenters. The summed E-state index contributed by atoms with van der Waals surface area (Å²) in [5.41, 5.74) is 27.3. The fourth-order valence-corrected chi connectivity index (χ4v) is 15.0. The molecule has 11 aromatic carbocycles. The zero-order chi connectivity index (χ0) is 63.8. The van der Waals surface area contributed by atoms with Gasteiger partial charge in [0.25, 0.3) is 6.71 Å². The molecule has 0 N–H and O–H groups in total. The second-order valence-electron chi connectivity index (χ2n) is 28.7. The van der Waals surface area contributed by atoms with Crippen molar-refractivity contribution in [3.63, 3.8) is 0 Å². The Morgan fingerprint density at radius 2 is 0.902 bits per heavy atom. The lowest BCUT2D eigenvalue weighted by atomic mass is 9.32. The standard InChI is InChI=1S/C89H81BN2/c1-13-15-34-65(14-2)88(9,10)67-45-47-79-77(57-67)90-78-58-68(89(11,12)66-35-22-17-23-36-66)46-48-80(78)92(72-39-26-19-27-40-72)82-55-63(54-81(85(82)90)91(79)71-37-24-18-25-38-71)61-49-60(62-52-69(86(3,4)5)56-70(53-62)87(6,7)8)50-64(51-61)84-75-43-30-28-41-73(75)83(59-32-20-16-21-33-59)74-42-29-31-44-76(74)84/h2,13,15-44,46,48-58H,45,47H2,1,3-12H3/b15-13-,65-34+. The molecule has 0 bridgehead atoms. The Hall–Kier alpha value is -9.88. The van der Waals surface area contributed by atoms with Crippen LogP contribution < -0.4 is 20.7 Å². The van der Waals surface area contributed by atoms with E-state index >= 15 is 0 Å². The number of hydrogen-bond acceptors (Lipinski definition) is 2. The topological polar surface area (TPSA) is 6.48 Å². The third-order valence-electron chi connectivity index (χ3n) is 20.2. The van der Waals surface area contributed by atoms with Crippen LogP contribution in [0.25, 0.3) is 66.1 Å². The molecule has 0 spiro atoms. The molecule has 11 aromatic rings. The molecule has 0 saturated carbocycles. The first-order valence-corrected chi connectivity index (χ1v) is 33.0. The average Bonchev–Trinajstić information content (AvgIpc) is 0.697. The summed E-state index contributed by atoms with van der Waals surface area (Å²) in [7, 11) is 0. The Bertz CT molecular complexity index is 4790. The van der Waals surface area contributed by atoms with Crippen LogP contribution in [0.5, 0.6) is 0 Å². The van der Waals surface area contributed by atoms with Gasteiger partial charge in [-0.05, 0) is 196 Å². The van der Waals surface area contributed by atoms with Gasteiger partial charge in [0.1, 0.15) is 0 Å². The lowest BCUT2D eigenvalue weighted by Gasteiger charge is -2.47. The van der Waals surface area contributed by atoms with E-state index in [1.165, 1.54) is 122 Å². The minimum absolute atomic E-state index is 0.0883. The molecule has 0 amide bonds. The van der Waals surface area contributed by atoms with Crippen molar-refractivity contribution in [2.75, 3.05) is 9.80 Å². The molecule has 92 heavy (non-hydrogen) atoms. The molecule has 0 atom stereocenters.